The molecule has 0 saturated heterocycles. The van der Waals surface area contributed by atoms with Crippen LogP contribution in [0.4, 0.5) is 4.79 Å². The summed E-state index contributed by atoms with van der Waals surface area (Å²) in [7, 11) is 0. The first-order chi connectivity index (χ1) is 6.47. The van der Waals surface area contributed by atoms with Gasteiger partial charge in [0.05, 0.1) is 5.54 Å². The number of rotatable bonds is 3. The maximum atomic E-state index is 11.1. The molecule has 78 valence electrons. The lowest BCUT2D eigenvalue weighted by Crippen LogP contribution is -2.50. The summed E-state index contributed by atoms with van der Waals surface area (Å²) in [6.45, 7) is 3.53. The lowest BCUT2D eigenvalue weighted by molar-refractivity contribution is -0.117. The zero-order valence-electron chi connectivity index (χ0n) is 8.19. The van der Waals surface area contributed by atoms with Crippen molar-refractivity contribution < 1.29 is 9.59 Å². The Morgan fingerprint density at radius 1 is 1.57 bits per heavy atom. The van der Waals surface area contributed by atoms with Crippen molar-refractivity contribution in [3.8, 4) is 12.3 Å². The summed E-state index contributed by atoms with van der Waals surface area (Å²) in [5.74, 6) is 1.62. The maximum absolute atomic E-state index is 11.1. The highest BCUT2D eigenvalue weighted by Gasteiger charge is 2.21. The smallest absolute Gasteiger partial charge is 0.322 e. The molecular formula is C9H13ClN2O2. The van der Waals surface area contributed by atoms with Crippen molar-refractivity contribution in [3.63, 3.8) is 0 Å². The molecule has 0 fully saturated rings. The van der Waals surface area contributed by atoms with Crippen LogP contribution in [0, 0.1) is 12.3 Å². The Morgan fingerprint density at radius 2 is 2.14 bits per heavy atom. The highest BCUT2D eigenvalue weighted by Crippen LogP contribution is 2.05. The van der Waals surface area contributed by atoms with Gasteiger partial charge in [0.15, 0.2) is 0 Å². The Morgan fingerprint density at radius 3 is 2.50 bits per heavy atom. The van der Waals surface area contributed by atoms with E-state index in [2.05, 4.69) is 11.2 Å². The minimum Gasteiger partial charge on any atom is -0.322 e. The number of hydrogen-bond acceptors (Lipinski definition) is 2. The van der Waals surface area contributed by atoms with Crippen molar-refractivity contribution in [1.29, 1.82) is 0 Å². The molecular weight excluding hydrogens is 204 g/mol. The molecule has 0 aliphatic heterocycles. The van der Waals surface area contributed by atoms with Crippen molar-refractivity contribution in [2.45, 2.75) is 25.8 Å². The van der Waals surface area contributed by atoms with E-state index in [0.717, 1.165) is 0 Å². The molecule has 0 heterocycles. The van der Waals surface area contributed by atoms with Crippen LogP contribution in [0.25, 0.3) is 0 Å². The average molecular weight is 217 g/mol. The number of urea groups is 1. The van der Waals surface area contributed by atoms with Crippen LogP contribution in [-0.4, -0.2) is 23.4 Å². The first kappa shape index (κ1) is 12.8. The van der Waals surface area contributed by atoms with Crippen molar-refractivity contribution in [1.82, 2.24) is 10.6 Å². The number of hydrogen-bond donors (Lipinski definition) is 2. The number of imide groups is 1. The quantitative estimate of drug-likeness (QED) is 0.543. The fraction of sp³-hybridized carbons (Fsp3) is 0.556. The lowest BCUT2D eigenvalue weighted by atomic mass is 10.0. The van der Waals surface area contributed by atoms with Crippen LogP contribution in [0.1, 0.15) is 20.3 Å². The van der Waals surface area contributed by atoms with Gasteiger partial charge in [-0.05, 0) is 13.3 Å². The van der Waals surface area contributed by atoms with E-state index in [4.69, 9.17) is 18.0 Å². The standard InChI is InChI=1S/C9H13ClN2O2/c1-4-9(3,5-2)12-8(14)11-7(13)6-10/h1H,5-6H2,2-3H3,(H2,11,12,13,14). The number of terminal acetylenes is 1. The van der Waals surface area contributed by atoms with Crippen LogP contribution in [0.3, 0.4) is 0 Å². The first-order valence-electron chi connectivity index (χ1n) is 4.13. The van der Waals surface area contributed by atoms with Gasteiger partial charge in [0.2, 0.25) is 5.91 Å². The minimum absolute atomic E-state index is 0.258. The van der Waals surface area contributed by atoms with Gasteiger partial charge in [-0.25, -0.2) is 4.79 Å². The van der Waals surface area contributed by atoms with Crippen molar-refractivity contribution in [3.05, 3.63) is 0 Å². The van der Waals surface area contributed by atoms with Gasteiger partial charge < -0.3 is 5.32 Å². The second-order valence-corrected chi connectivity index (χ2v) is 3.23. The second-order valence-electron chi connectivity index (χ2n) is 2.97. The molecule has 0 bridgehead atoms. The van der Waals surface area contributed by atoms with Crippen LogP contribution >= 0.6 is 11.6 Å². The van der Waals surface area contributed by atoms with Gasteiger partial charge in [0.25, 0.3) is 0 Å². The number of carbonyl (C=O) groups excluding carboxylic acids is 2. The molecule has 0 radical (unpaired) electrons. The summed E-state index contributed by atoms with van der Waals surface area (Å²) in [5.41, 5.74) is -0.739. The predicted octanol–water partition coefficient (Wildman–Crippen LogP) is 0.853. The highest BCUT2D eigenvalue weighted by atomic mass is 35.5. The Balaban J connectivity index is 4.19. The van der Waals surface area contributed by atoms with Crippen LogP contribution < -0.4 is 10.6 Å². The number of nitrogens with one attached hydrogen (secondary N) is 2. The van der Waals surface area contributed by atoms with Gasteiger partial charge >= 0.3 is 6.03 Å². The molecule has 0 spiro atoms. The topological polar surface area (TPSA) is 58.2 Å². The average Bonchev–Trinajstić information content (AvgIpc) is 2.17. The summed E-state index contributed by atoms with van der Waals surface area (Å²) in [6.07, 6.45) is 5.80. The first-order valence-corrected chi connectivity index (χ1v) is 4.66. The largest absolute Gasteiger partial charge is 0.322 e. The van der Waals surface area contributed by atoms with E-state index in [-0.39, 0.29) is 5.88 Å². The van der Waals surface area contributed by atoms with Crippen molar-refractivity contribution >= 4 is 23.5 Å². The fourth-order valence-electron chi connectivity index (χ4n) is 0.668. The summed E-state index contributed by atoms with van der Waals surface area (Å²) in [4.78, 5) is 21.9. The number of halogens is 1. The molecule has 0 aromatic carbocycles. The third-order valence-electron chi connectivity index (χ3n) is 1.79. The van der Waals surface area contributed by atoms with E-state index < -0.39 is 17.5 Å². The van der Waals surface area contributed by atoms with Crippen LogP contribution in [0.5, 0.6) is 0 Å². The van der Waals surface area contributed by atoms with Gasteiger partial charge in [-0.15, -0.1) is 18.0 Å². The highest BCUT2D eigenvalue weighted by molar-refractivity contribution is 6.28. The zero-order valence-corrected chi connectivity index (χ0v) is 8.94. The van der Waals surface area contributed by atoms with E-state index in [9.17, 15) is 9.59 Å². The van der Waals surface area contributed by atoms with Crippen LogP contribution in [0.15, 0.2) is 0 Å². The SMILES string of the molecule is C#CC(C)(CC)NC(=O)NC(=O)CCl. The molecule has 0 aliphatic rings. The van der Waals surface area contributed by atoms with Gasteiger partial charge in [-0.3, -0.25) is 10.1 Å². The Hall–Kier alpha value is -1.21. The zero-order chi connectivity index (χ0) is 11.2. The third-order valence-corrected chi connectivity index (χ3v) is 2.03. The van der Waals surface area contributed by atoms with Gasteiger partial charge in [-0.2, -0.15) is 0 Å². The molecule has 3 amide bonds. The van der Waals surface area contributed by atoms with Crippen LogP contribution in [-0.2, 0) is 4.79 Å². The maximum Gasteiger partial charge on any atom is 0.322 e. The van der Waals surface area contributed by atoms with E-state index in [1.54, 1.807) is 6.92 Å². The molecule has 1 unspecified atom stereocenters. The minimum atomic E-state index is -0.739. The third kappa shape index (κ3) is 4.15. The Bertz CT molecular complexity index is 272. The molecule has 0 rings (SSSR count). The monoisotopic (exact) mass is 216 g/mol. The lowest BCUT2D eigenvalue weighted by Gasteiger charge is -2.22. The normalized spacial score (nSPS) is 13.6. The van der Waals surface area contributed by atoms with Crippen molar-refractivity contribution in [2.75, 3.05) is 5.88 Å². The Labute approximate surface area is 88.4 Å². The van der Waals surface area contributed by atoms with E-state index in [1.807, 2.05) is 12.2 Å². The molecule has 1 atom stereocenters. The number of carbonyl (C=O) groups is 2. The summed E-state index contributed by atoms with van der Waals surface area (Å²) in [5, 5.41) is 4.53. The molecule has 14 heavy (non-hydrogen) atoms. The van der Waals surface area contributed by atoms with E-state index in [0.29, 0.717) is 6.42 Å². The summed E-state index contributed by atoms with van der Waals surface area (Å²) >= 11 is 5.20. The van der Waals surface area contributed by atoms with Gasteiger partial charge in [0.1, 0.15) is 5.88 Å². The number of amides is 3. The van der Waals surface area contributed by atoms with Crippen LogP contribution in [0.2, 0.25) is 0 Å². The molecule has 2 N–H and O–H groups in total. The molecule has 0 aromatic rings. The van der Waals surface area contributed by atoms with Gasteiger partial charge in [0, 0.05) is 0 Å². The van der Waals surface area contributed by atoms with E-state index in [1.165, 1.54) is 0 Å². The number of alkyl halides is 1. The second kappa shape index (κ2) is 5.51. The van der Waals surface area contributed by atoms with E-state index >= 15 is 0 Å². The Kier molecular flexibility index (Phi) is 5.03. The molecule has 5 heteroatoms. The summed E-state index contributed by atoms with van der Waals surface area (Å²) in [6, 6.07) is -0.627. The summed E-state index contributed by atoms with van der Waals surface area (Å²) < 4.78 is 0. The van der Waals surface area contributed by atoms with Crippen molar-refractivity contribution in [2.24, 2.45) is 0 Å². The molecule has 4 nitrogen and oxygen atoms in total. The van der Waals surface area contributed by atoms with Gasteiger partial charge in [-0.1, -0.05) is 12.8 Å². The molecule has 0 saturated carbocycles. The molecule has 0 aliphatic carbocycles. The predicted molar refractivity (Wildman–Crippen MR) is 54.9 cm³/mol. The molecule has 0 aromatic heterocycles. The fourth-order valence-corrected chi connectivity index (χ4v) is 0.735.